The number of hydrogen-bond acceptors (Lipinski definition) is 9. The van der Waals surface area contributed by atoms with Gasteiger partial charge in [0, 0.05) is 40.9 Å². The summed E-state index contributed by atoms with van der Waals surface area (Å²) in [6.45, 7) is 1.53. The van der Waals surface area contributed by atoms with E-state index in [0.29, 0.717) is 24.3 Å². The van der Waals surface area contributed by atoms with E-state index in [-0.39, 0.29) is 47.4 Å². The molecule has 2 bridgehead atoms. The zero-order valence-corrected chi connectivity index (χ0v) is 25.5. The summed E-state index contributed by atoms with van der Waals surface area (Å²) in [5.41, 5.74) is 1.39. The molecular formula is C33H32FN3O7S. The Labute approximate surface area is 263 Å². The quantitative estimate of drug-likeness (QED) is 0.285. The smallest absolute Gasteiger partial charge is 0.451 e. The topological polar surface area (TPSA) is 99.5 Å². The average molecular weight is 634 g/mol. The van der Waals surface area contributed by atoms with Crippen LogP contribution in [-0.4, -0.2) is 59.5 Å². The number of hydrogen-bond donors (Lipinski definition) is 0. The fourth-order valence-corrected chi connectivity index (χ4v) is 9.16. The molecule has 6 heterocycles. The van der Waals surface area contributed by atoms with Crippen molar-refractivity contribution in [3.8, 4) is 5.75 Å². The van der Waals surface area contributed by atoms with Crippen molar-refractivity contribution in [3.05, 3.63) is 93.2 Å². The van der Waals surface area contributed by atoms with Crippen molar-refractivity contribution in [2.75, 3.05) is 25.0 Å². The van der Waals surface area contributed by atoms with Gasteiger partial charge in [0.2, 0.25) is 18.0 Å². The van der Waals surface area contributed by atoms with Gasteiger partial charge in [0.1, 0.15) is 18.0 Å². The Morgan fingerprint density at radius 2 is 1.98 bits per heavy atom. The SMILES string of the molecule is CCOC(=O)OCOc1c2n(ccc1=O)N(C1c3ccccc3SCc3cccc(F)c31)[C@@H]1[C@H]3C[C@@H]4CC[C@@]3(CCN1C2=O)O4. The molecule has 1 spiro atoms. The number of amides is 1. The third kappa shape index (κ3) is 4.36. The monoisotopic (exact) mass is 633 g/mol. The highest BCUT2D eigenvalue weighted by Crippen LogP contribution is 2.57. The first-order valence-corrected chi connectivity index (χ1v) is 16.3. The Kier molecular flexibility index (Phi) is 6.83. The Morgan fingerprint density at radius 3 is 2.82 bits per heavy atom. The summed E-state index contributed by atoms with van der Waals surface area (Å²) in [5.74, 6) is -0.407. The molecule has 10 nitrogen and oxygen atoms in total. The van der Waals surface area contributed by atoms with Gasteiger partial charge in [-0.1, -0.05) is 30.3 Å². The molecule has 5 aliphatic rings. The molecule has 1 unspecified atom stereocenters. The van der Waals surface area contributed by atoms with Crippen LogP contribution in [-0.2, 0) is 20.0 Å². The lowest BCUT2D eigenvalue weighted by Crippen LogP contribution is -2.70. The molecule has 12 heteroatoms. The molecule has 3 fully saturated rings. The normalized spacial score (nSPS) is 27.5. The standard InChI is InChI=1S/C33H32FN3O7S/c1-2-41-32(40)43-18-42-29-24(38)11-14-36-28(29)31(39)35-15-13-33-12-10-20(44-33)16-22(33)30(35)37(36)27-21-7-3-4-9-25(21)45-17-19-6-5-8-23(34)26(19)27/h3-9,11,14,20,22,27,30H,2,10,12-13,15-18H2,1H3/t20-,22+,27?,30+,33-/m0/s1. The van der Waals surface area contributed by atoms with Gasteiger partial charge in [0.15, 0.2) is 5.69 Å². The summed E-state index contributed by atoms with van der Waals surface area (Å²) >= 11 is 1.65. The molecule has 0 aliphatic carbocycles. The maximum atomic E-state index is 16.2. The van der Waals surface area contributed by atoms with E-state index in [4.69, 9.17) is 18.9 Å². The number of halogens is 1. The number of carbonyl (C=O) groups excluding carboxylic acids is 2. The fraction of sp³-hybridized carbons (Fsp3) is 0.424. The Balaban J connectivity index is 1.34. The molecule has 0 N–H and O–H groups in total. The first-order chi connectivity index (χ1) is 21.9. The van der Waals surface area contributed by atoms with Crippen LogP contribution in [0.25, 0.3) is 0 Å². The molecule has 5 aliphatic heterocycles. The van der Waals surface area contributed by atoms with Crippen molar-refractivity contribution in [1.29, 1.82) is 0 Å². The van der Waals surface area contributed by atoms with Crippen molar-refractivity contribution in [1.82, 2.24) is 9.58 Å². The molecule has 1 aromatic heterocycles. The third-order valence-electron chi connectivity index (χ3n) is 9.88. The van der Waals surface area contributed by atoms with Crippen molar-refractivity contribution >= 4 is 23.8 Å². The lowest BCUT2D eigenvalue weighted by molar-refractivity contribution is -0.0758. The van der Waals surface area contributed by atoms with Crippen LogP contribution in [0.15, 0.2) is 64.4 Å². The first kappa shape index (κ1) is 28.4. The first-order valence-electron chi connectivity index (χ1n) is 15.3. The minimum absolute atomic E-state index is 0.00139. The van der Waals surface area contributed by atoms with Gasteiger partial charge in [-0.2, -0.15) is 0 Å². The number of ether oxygens (including phenoxy) is 4. The second kappa shape index (κ2) is 10.8. The zero-order valence-electron chi connectivity index (χ0n) is 24.6. The summed E-state index contributed by atoms with van der Waals surface area (Å²) in [6, 6.07) is 13.8. The minimum atomic E-state index is -0.951. The Hall–Kier alpha value is -4.03. The zero-order chi connectivity index (χ0) is 30.9. The molecule has 5 atom stereocenters. The van der Waals surface area contributed by atoms with E-state index >= 15 is 4.39 Å². The largest absolute Gasteiger partial charge is 0.511 e. The summed E-state index contributed by atoms with van der Waals surface area (Å²) in [5, 5.41) is 2.07. The summed E-state index contributed by atoms with van der Waals surface area (Å²) in [7, 11) is 0. The van der Waals surface area contributed by atoms with E-state index in [1.54, 1.807) is 40.5 Å². The van der Waals surface area contributed by atoms with Gasteiger partial charge >= 0.3 is 6.16 Å². The summed E-state index contributed by atoms with van der Waals surface area (Å²) in [4.78, 5) is 42.4. The predicted molar refractivity (Wildman–Crippen MR) is 161 cm³/mol. The van der Waals surface area contributed by atoms with Crippen LogP contribution in [0.4, 0.5) is 9.18 Å². The highest BCUT2D eigenvalue weighted by atomic mass is 32.2. The van der Waals surface area contributed by atoms with Gasteiger partial charge in [-0.05, 0) is 55.9 Å². The van der Waals surface area contributed by atoms with Crippen molar-refractivity contribution in [3.63, 3.8) is 0 Å². The van der Waals surface area contributed by atoms with Crippen LogP contribution >= 0.6 is 11.8 Å². The number of aromatic nitrogens is 1. The average Bonchev–Trinajstić information content (AvgIpc) is 3.57. The van der Waals surface area contributed by atoms with Crippen LogP contribution in [0.2, 0.25) is 0 Å². The van der Waals surface area contributed by atoms with Crippen molar-refractivity contribution in [2.45, 2.75) is 67.2 Å². The summed E-state index contributed by atoms with van der Waals surface area (Å²) < 4.78 is 40.0. The van der Waals surface area contributed by atoms with Gasteiger partial charge < -0.3 is 23.8 Å². The van der Waals surface area contributed by atoms with Crippen LogP contribution in [0, 0.1) is 11.7 Å². The van der Waals surface area contributed by atoms with E-state index in [0.717, 1.165) is 35.3 Å². The highest BCUT2D eigenvalue weighted by molar-refractivity contribution is 7.98. The number of piperidine rings is 1. The van der Waals surface area contributed by atoms with Gasteiger partial charge in [-0.25, -0.2) is 9.18 Å². The number of fused-ring (bicyclic) bond motifs is 6. The molecule has 0 radical (unpaired) electrons. The number of carbonyl (C=O) groups is 2. The molecule has 8 rings (SSSR count). The number of benzene rings is 2. The van der Waals surface area contributed by atoms with Gasteiger partial charge in [0.25, 0.3) is 5.91 Å². The molecule has 234 valence electrons. The number of thioether (sulfide) groups is 1. The van der Waals surface area contributed by atoms with Gasteiger partial charge in [-0.3, -0.25) is 19.3 Å². The lowest BCUT2D eigenvalue weighted by atomic mass is 9.71. The highest BCUT2D eigenvalue weighted by Gasteiger charge is 2.63. The summed E-state index contributed by atoms with van der Waals surface area (Å²) in [6.07, 6.45) is 3.60. The second-order valence-corrected chi connectivity index (χ2v) is 13.1. The van der Waals surface area contributed by atoms with Crippen molar-refractivity contribution < 1.29 is 32.9 Å². The second-order valence-electron chi connectivity index (χ2n) is 12.1. The van der Waals surface area contributed by atoms with E-state index in [1.807, 2.05) is 30.3 Å². The molecule has 0 saturated carbocycles. The fourth-order valence-electron chi connectivity index (χ4n) is 8.07. The van der Waals surface area contributed by atoms with Crippen LogP contribution in [0.3, 0.4) is 0 Å². The van der Waals surface area contributed by atoms with Crippen LogP contribution in [0.5, 0.6) is 5.75 Å². The molecule has 3 aromatic rings. The van der Waals surface area contributed by atoms with Crippen LogP contribution in [0.1, 0.15) is 65.8 Å². The maximum absolute atomic E-state index is 16.2. The van der Waals surface area contributed by atoms with E-state index in [9.17, 15) is 14.4 Å². The number of rotatable bonds is 5. The third-order valence-corrected chi connectivity index (χ3v) is 11.0. The predicted octanol–water partition coefficient (Wildman–Crippen LogP) is 4.95. The molecule has 1 amide bonds. The Bertz CT molecular complexity index is 1770. The van der Waals surface area contributed by atoms with E-state index < -0.39 is 30.6 Å². The minimum Gasteiger partial charge on any atom is -0.451 e. The lowest BCUT2D eigenvalue weighted by Gasteiger charge is -2.57. The molecule has 2 aromatic carbocycles. The van der Waals surface area contributed by atoms with Crippen molar-refractivity contribution in [2.24, 2.45) is 5.92 Å². The van der Waals surface area contributed by atoms with Gasteiger partial charge in [-0.15, -0.1) is 11.8 Å². The van der Waals surface area contributed by atoms with Crippen LogP contribution < -0.4 is 15.2 Å². The van der Waals surface area contributed by atoms with E-state index in [2.05, 4.69) is 5.01 Å². The van der Waals surface area contributed by atoms with E-state index in [1.165, 1.54) is 12.1 Å². The number of pyridine rings is 1. The molecular weight excluding hydrogens is 601 g/mol. The molecule has 45 heavy (non-hydrogen) atoms. The Morgan fingerprint density at radius 1 is 1.11 bits per heavy atom. The maximum Gasteiger partial charge on any atom is 0.511 e. The van der Waals surface area contributed by atoms with Gasteiger partial charge in [0.05, 0.1) is 18.3 Å². The molecule has 3 saturated heterocycles. The number of nitrogens with zero attached hydrogens (tertiary/aromatic N) is 3.